The summed E-state index contributed by atoms with van der Waals surface area (Å²) in [6.07, 6.45) is 0. The van der Waals surface area contributed by atoms with Crippen LogP contribution < -0.4 is 5.32 Å². The van der Waals surface area contributed by atoms with Gasteiger partial charge in [-0.25, -0.2) is 0 Å². The number of para-hydroxylation sites is 1. The summed E-state index contributed by atoms with van der Waals surface area (Å²) in [5, 5.41) is 3.42. The Labute approximate surface area is 139 Å². The Kier molecular flexibility index (Phi) is 4.47. The SMILES string of the molecule is Cc1cc(-c2ccc(Nc3ccccc3)cc2)ccc1C(C)C. The van der Waals surface area contributed by atoms with Crippen LogP contribution in [0.2, 0.25) is 0 Å². The van der Waals surface area contributed by atoms with E-state index >= 15 is 0 Å². The number of nitrogens with one attached hydrogen (secondary N) is 1. The average molecular weight is 301 g/mol. The van der Waals surface area contributed by atoms with Gasteiger partial charge in [-0.15, -0.1) is 0 Å². The van der Waals surface area contributed by atoms with Crippen LogP contribution >= 0.6 is 0 Å². The highest BCUT2D eigenvalue weighted by Gasteiger charge is 2.05. The third kappa shape index (κ3) is 3.62. The Bertz CT molecular complexity index is 771. The van der Waals surface area contributed by atoms with Gasteiger partial charge in [-0.2, -0.15) is 0 Å². The van der Waals surface area contributed by atoms with E-state index in [1.54, 1.807) is 0 Å². The molecule has 0 fully saturated rings. The third-order valence-electron chi connectivity index (χ3n) is 4.17. The molecule has 3 aromatic rings. The number of anilines is 2. The molecule has 0 heterocycles. The van der Waals surface area contributed by atoms with E-state index in [2.05, 4.69) is 80.7 Å². The Balaban J connectivity index is 1.81. The summed E-state index contributed by atoms with van der Waals surface area (Å²) in [4.78, 5) is 0. The van der Waals surface area contributed by atoms with E-state index in [4.69, 9.17) is 0 Å². The van der Waals surface area contributed by atoms with Crippen molar-refractivity contribution in [3.8, 4) is 11.1 Å². The number of hydrogen-bond donors (Lipinski definition) is 1. The zero-order valence-corrected chi connectivity index (χ0v) is 14.0. The molecule has 1 nitrogen and oxygen atoms in total. The fraction of sp³-hybridized carbons (Fsp3) is 0.182. The van der Waals surface area contributed by atoms with Gasteiger partial charge in [0.25, 0.3) is 0 Å². The van der Waals surface area contributed by atoms with E-state index in [0.717, 1.165) is 11.4 Å². The van der Waals surface area contributed by atoms with Crippen LogP contribution in [-0.4, -0.2) is 0 Å². The van der Waals surface area contributed by atoms with E-state index in [-0.39, 0.29) is 0 Å². The second-order valence-electron chi connectivity index (χ2n) is 6.29. The molecule has 0 aliphatic heterocycles. The summed E-state index contributed by atoms with van der Waals surface area (Å²) in [7, 11) is 0. The predicted octanol–water partition coefficient (Wildman–Crippen LogP) is 6.53. The van der Waals surface area contributed by atoms with E-state index in [9.17, 15) is 0 Å². The van der Waals surface area contributed by atoms with Gasteiger partial charge in [0.15, 0.2) is 0 Å². The number of hydrogen-bond acceptors (Lipinski definition) is 1. The van der Waals surface area contributed by atoms with Crippen LogP contribution in [0.1, 0.15) is 30.9 Å². The third-order valence-corrected chi connectivity index (χ3v) is 4.17. The fourth-order valence-electron chi connectivity index (χ4n) is 2.94. The van der Waals surface area contributed by atoms with E-state index < -0.39 is 0 Å². The van der Waals surface area contributed by atoms with Crippen LogP contribution in [0.15, 0.2) is 72.8 Å². The maximum absolute atomic E-state index is 3.42. The fourth-order valence-corrected chi connectivity index (χ4v) is 2.94. The molecule has 0 spiro atoms. The number of benzene rings is 3. The topological polar surface area (TPSA) is 12.0 Å². The van der Waals surface area contributed by atoms with Gasteiger partial charge in [-0.05, 0) is 59.4 Å². The van der Waals surface area contributed by atoms with Gasteiger partial charge in [0.05, 0.1) is 0 Å². The van der Waals surface area contributed by atoms with Crippen molar-refractivity contribution in [3.05, 3.63) is 83.9 Å². The van der Waals surface area contributed by atoms with Gasteiger partial charge >= 0.3 is 0 Å². The molecular formula is C22H23N. The van der Waals surface area contributed by atoms with Gasteiger partial charge < -0.3 is 5.32 Å². The predicted molar refractivity (Wildman–Crippen MR) is 100 cm³/mol. The van der Waals surface area contributed by atoms with Crippen molar-refractivity contribution in [2.24, 2.45) is 0 Å². The van der Waals surface area contributed by atoms with Gasteiger partial charge in [0, 0.05) is 11.4 Å². The molecule has 23 heavy (non-hydrogen) atoms. The van der Waals surface area contributed by atoms with Crippen molar-refractivity contribution in [2.45, 2.75) is 26.7 Å². The Morgan fingerprint density at radius 2 is 1.30 bits per heavy atom. The number of aryl methyl sites for hydroxylation is 1. The van der Waals surface area contributed by atoms with Crippen molar-refractivity contribution in [1.82, 2.24) is 0 Å². The molecule has 0 saturated heterocycles. The normalized spacial score (nSPS) is 10.8. The molecular weight excluding hydrogens is 278 g/mol. The maximum Gasteiger partial charge on any atom is 0.0384 e. The Morgan fingerprint density at radius 1 is 0.696 bits per heavy atom. The van der Waals surface area contributed by atoms with Gasteiger partial charge in [-0.3, -0.25) is 0 Å². The van der Waals surface area contributed by atoms with E-state index in [0.29, 0.717) is 5.92 Å². The first-order valence-corrected chi connectivity index (χ1v) is 8.16. The first-order valence-electron chi connectivity index (χ1n) is 8.16. The van der Waals surface area contributed by atoms with Crippen molar-refractivity contribution in [3.63, 3.8) is 0 Å². The number of rotatable bonds is 4. The molecule has 1 heteroatoms. The monoisotopic (exact) mass is 301 g/mol. The first-order chi connectivity index (χ1) is 11.1. The quantitative estimate of drug-likeness (QED) is 0.577. The summed E-state index contributed by atoms with van der Waals surface area (Å²) < 4.78 is 0. The summed E-state index contributed by atoms with van der Waals surface area (Å²) in [5.41, 5.74) is 7.54. The molecule has 0 atom stereocenters. The Hall–Kier alpha value is -2.54. The molecule has 0 aliphatic carbocycles. The standard InChI is InChI=1S/C22H23N/c1-16(2)22-14-11-19(15-17(22)3)18-9-12-21(13-10-18)23-20-7-5-4-6-8-20/h4-16,23H,1-3H3. The zero-order valence-electron chi connectivity index (χ0n) is 14.0. The minimum absolute atomic E-state index is 0.571. The second-order valence-corrected chi connectivity index (χ2v) is 6.29. The molecule has 0 bridgehead atoms. The molecule has 0 aliphatic rings. The summed E-state index contributed by atoms with van der Waals surface area (Å²) >= 11 is 0. The highest BCUT2D eigenvalue weighted by atomic mass is 14.9. The lowest BCUT2D eigenvalue weighted by atomic mass is 9.94. The average Bonchev–Trinajstić information content (AvgIpc) is 2.56. The van der Waals surface area contributed by atoms with Crippen molar-refractivity contribution in [1.29, 1.82) is 0 Å². The van der Waals surface area contributed by atoms with Crippen molar-refractivity contribution < 1.29 is 0 Å². The van der Waals surface area contributed by atoms with Crippen LogP contribution in [0.3, 0.4) is 0 Å². The highest BCUT2D eigenvalue weighted by Crippen LogP contribution is 2.27. The van der Waals surface area contributed by atoms with E-state index in [1.165, 1.54) is 22.3 Å². The molecule has 0 radical (unpaired) electrons. The molecule has 116 valence electrons. The van der Waals surface area contributed by atoms with Crippen LogP contribution in [0, 0.1) is 6.92 Å². The van der Waals surface area contributed by atoms with Crippen molar-refractivity contribution in [2.75, 3.05) is 5.32 Å². The summed E-state index contributed by atoms with van der Waals surface area (Å²) in [6.45, 7) is 6.68. The zero-order chi connectivity index (χ0) is 16.2. The van der Waals surface area contributed by atoms with Crippen LogP contribution in [-0.2, 0) is 0 Å². The van der Waals surface area contributed by atoms with Crippen LogP contribution in [0.5, 0.6) is 0 Å². The first kappa shape index (κ1) is 15.4. The van der Waals surface area contributed by atoms with Gasteiger partial charge in [-0.1, -0.05) is 62.4 Å². The van der Waals surface area contributed by atoms with Crippen LogP contribution in [0.25, 0.3) is 11.1 Å². The minimum Gasteiger partial charge on any atom is -0.356 e. The molecule has 0 unspecified atom stereocenters. The second kappa shape index (κ2) is 6.70. The molecule has 3 rings (SSSR count). The maximum atomic E-state index is 3.42. The van der Waals surface area contributed by atoms with Gasteiger partial charge in [0.2, 0.25) is 0 Å². The molecule has 3 aromatic carbocycles. The lowest BCUT2D eigenvalue weighted by molar-refractivity contribution is 0.857. The Morgan fingerprint density at radius 3 is 1.91 bits per heavy atom. The minimum atomic E-state index is 0.571. The lowest BCUT2D eigenvalue weighted by Gasteiger charge is -2.12. The molecule has 0 aromatic heterocycles. The molecule has 0 amide bonds. The smallest absolute Gasteiger partial charge is 0.0384 e. The summed E-state index contributed by atoms with van der Waals surface area (Å²) in [6, 6.07) is 25.6. The van der Waals surface area contributed by atoms with Crippen LogP contribution in [0.4, 0.5) is 11.4 Å². The lowest BCUT2D eigenvalue weighted by Crippen LogP contribution is -1.93. The van der Waals surface area contributed by atoms with Crippen molar-refractivity contribution >= 4 is 11.4 Å². The largest absolute Gasteiger partial charge is 0.356 e. The highest BCUT2D eigenvalue weighted by molar-refractivity contribution is 5.69. The molecule has 1 N–H and O–H groups in total. The van der Waals surface area contributed by atoms with Gasteiger partial charge in [0.1, 0.15) is 0 Å². The summed E-state index contributed by atoms with van der Waals surface area (Å²) in [5.74, 6) is 0.571. The van der Waals surface area contributed by atoms with E-state index in [1.807, 2.05) is 18.2 Å². The molecule has 0 saturated carbocycles.